The molecule has 0 unspecified atom stereocenters. The van der Waals surface area contributed by atoms with Crippen molar-refractivity contribution in [1.29, 1.82) is 0 Å². The fraction of sp³-hybridized carbons (Fsp3) is 0.0492. The average molecular weight is 1680 g/mol. The minimum absolute atomic E-state index is 0.202. The summed E-state index contributed by atoms with van der Waals surface area (Å²) in [6.07, 6.45) is 0. The third-order valence-electron chi connectivity index (χ3n) is 26.4. The second-order valence-electron chi connectivity index (χ2n) is 35.0. The molecule has 9 nitrogen and oxygen atoms in total. The number of aromatic nitrogens is 6. The monoisotopic (exact) mass is 1680 g/mol. The van der Waals surface area contributed by atoms with E-state index in [1.165, 1.54) is 54.9 Å². The van der Waals surface area contributed by atoms with Crippen LogP contribution < -0.4 is 0 Å². The normalized spacial score (nSPS) is 12.7. The maximum atomic E-state index is 6.31. The first-order valence-electron chi connectivity index (χ1n) is 44.6. The molecule has 0 saturated heterocycles. The van der Waals surface area contributed by atoms with Crippen LogP contribution in [0.25, 0.3) is 233 Å². The Kier molecular flexibility index (Phi) is 18.7. The van der Waals surface area contributed by atoms with Crippen molar-refractivity contribution in [3.8, 4) is 146 Å². The number of fused-ring (bicyclic) bond motifs is 18. The third kappa shape index (κ3) is 13.5. The van der Waals surface area contributed by atoms with E-state index < -0.39 is 0 Å². The minimum Gasteiger partial charge on any atom is -0.456 e. The van der Waals surface area contributed by atoms with Crippen molar-refractivity contribution >= 4 is 87.5 Å². The van der Waals surface area contributed by atoms with E-state index in [2.05, 4.69) is 392 Å². The maximum Gasteiger partial charge on any atom is 0.180 e. The lowest BCUT2D eigenvalue weighted by molar-refractivity contribution is 0.636. The number of hydrogen-bond donors (Lipinski definition) is 0. The van der Waals surface area contributed by atoms with Crippen LogP contribution in [-0.2, 0) is 10.8 Å². The van der Waals surface area contributed by atoms with Crippen LogP contribution in [-0.4, -0.2) is 29.9 Å². The standard InChI is InChI=1S/2C43H30N2O.C36H22N2O/c1-43(2)36-20-8-6-19-34(36)39-40(27-12-4-3-5-13-27)44-42(45-41(39)43)32-17-11-16-30(25-32)28-14-10-15-29(24-28)31-22-23-38-35(26-31)33-18-7-9-21-37(33)46-38;1-43(2)36-20-8-6-17-35(36)40-38(43)39(29-12-4-3-5-13-29)44-42(45-40)31-15-10-14-30(26-31)27-22-24-28(25-23-27)32-18-11-19-34-33-16-7-9-21-37(33)46-41(32)34;1-2-11-23(12-3-1)33-35-34(30-19-8-9-20-32(30)39-35)38-36(37-33)26-15-10-14-24(21-26)31-22-25-13-4-5-16-27(25)28-17-6-7-18-29(28)31/h2*3-26H,1-2H3;1-22H. The molecule has 0 radical (unpaired) electrons. The summed E-state index contributed by atoms with van der Waals surface area (Å²) in [5.41, 5.74) is 35.4. The number of para-hydroxylation sites is 4. The van der Waals surface area contributed by atoms with Crippen LogP contribution in [0.5, 0.6) is 0 Å². The largest absolute Gasteiger partial charge is 0.456 e. The molecular weight excluding hydrogens is 1600 g/mol. The molecule has 0 amide bonds. The summed E-state index contributed by atoms with van der Waals surface area (Å²) in [7, 11) is 0. The molecule has 0 atom stereocenters. The zero-order valence-electron chi connectivity index (χ0n) is 72.3. The van der Waals surface area contributed by atoms with Gasteiger partial charge in [-0.15, -0.1) is 0 Å². The van der Waals surface area contributed by atoms with Gasteiger partial charge >= 0.3 is 0 Å². The van der Waals surface area contributed by atoms with E-state index in [1.54, 1.807) is 0 Å². The smallest absolute Gasteiger partial charge is 0.180 e. The first kappa shape index (κ1) is 77.7. The highest BCUT2D eigenvalue weighted by Crippen LogP contribution is 2.54. The van der Waals surface area contributed by atoms with Crippen LogP contribution in [0.3, 0.4) is 0 Å². The van der Waals surface area contributed by atoms with Gasteiger partial charge in [0.2, 0.25) is 0 Å². The van der Waals surface area contributed by atoms with Gasteiger partial charge in [0.05, 0.1) is 22.8 Å². The van der Waals surface area contributed by atoms with E-state index in [0.29, 0.717) is 11.4 Å². The van der Waals surface area contributed by atoms with Crippen LogP contribution in [0.4, 0.5) is 0 Å². The van der Waals surface area contributed by atoms with Gasteiger partial charge in [0, 0.05) is 93.4 Å². The van der Waals surface area contributed by atoms with Gasteiger partial charge in [-0.1, -0.05) is 386 Å². The molecule has 0 fully saturated rings. The molecule has 9 heteroatoms. The first-order chi connectivity index (χ1) is 64.4. The summed E-state index contributed by atoms with van der Waals surface area (Å²) in [4.78, 5) is 31.3. The second-order valence-corrected chi connectivity index (χ2v) is 35.0. The van der Waals surface area contributed by atoms with E-state index >= 15 is 0 Å². The number of rotatable bonds is 11. The van der Waals surface area contributed by atoms with Crippen molar-refractivity contribution in [1.82, 2.24) is 29.9 Å². The molecule has 6 aromatic heterocycles. The molecule has 0 N–H and O–H groups in total. The highest BCUT2D eigenvalue weighted by Gasteiger charge is 2.42. The minimum atomic E-state index is -0.236. The van der Waals surface area contributed by atoms with Crippen LogP contribution in [0.15, 0.2) is 438 Å². The Morgan fingerprint density at radius 1 is 0.198 bits per heavy atom. The molecule has 6 heterocycles. The zero-order chi connectivity index (χ0) is 87.4. The van der Waals surface area contributed by atoms with Crippen LogP contribution >= 0.6 is 0 Å². The van der Waals surface area contributed by atoms with Crippen molar-refractivity contribution in [2.45, 2.75) is 38.5 Å². The Balaban J connectivity index is 0.000000109. The number of hydrogen-bond acceptors (Lipinski definition) is 9. The van der Waals surface area contributed by atoms with Crippen molar-refractivity contribution in [2.75, 3.05) is 0 Å². The molecule has 618 valence electrons. The molecule has 0 saturated carbocycles. The van der Waals surface area contributed by atoms with E-state index in [-0.39, 0.29) is 10.8 Å². The maximum absolute atomic E-state index is 6.31. The fourth-order valence-corrected chi connectivity index (χ4v) is 19.9. The highest BCUT2D eigenvalue weighted by atomic mass is 16.3. The lowest BCUT2D eigenvalue weighted by Crippen LogP contribution is -2.17. The van der Waals surface area contributed by atoms with E-state index in [0.717, 1.165) is 189 Å². The second kappa shape index (κ2) is 31.6. The van der Waals surface area contributed by atoms with Crippen molar-refractivity contribution in [3.63, 3.8) is 0 Å². The van der Waals surface area contributed by atoms with E-state index in [4.69, 9.17) is 43.2 Å². The molecule has 2 aliphatic carbocycles. The van der Waals surface area contributed by atoms with Crippen LogP contribution in [0.1, 0.15) is 50.1 Å². The Labute approximate surface area is 757 Å². The zero-order valence-corrected chi connectivity index (χ0v) is 72.3. The Bertz CT molecular complexity index is 8660. The lowest BCUT2D eigenvalue weighted by atomic mass is 9.81. The van der Waals surface area contributed by atoms with Gasteiger partial charge < -0.3 is 13.3 Å². The summed E-state index contributed by atoms with van der Waals surface area (Å²) >= 11 is 0. The molecule has 26 rings (SSSR count). The molecule has 0 spiro atoms. The molecule has 131 heavy (non-hydrogen) atoms. The lowest BCUT2D eigenvalue weighted by Gasteiger charge is -2.23. The highest BCUT2D eigenvalue weighted by molar-refractivity contribution is 6.15. The summed E-state index contributed by atoms with van der Waals surface area (Å²) in [5, 5.41) is 10.5. The van der Waals surface area contributed by atoms with Crippen LogP contribution in [0.2, 0.25) is 0 Å². The Morgan fingerprint density at radius 2 is 0.595 bits per heavy atom. The van der Waals surface area contributed by atoms with Crippen molar-refractivity contribution in [3.05, 3.63) is 447 Å². The van der Waals surface area contributed by atoms with E-state index in [1.807, 2.05) is 60.7 Å². The van der Waals surface area contributed by atoms with Gasteiger partial charge in [-0.05, 0) is 155 Å². The van der Waals surface area contributed by atoms with Gasteiger partial charge in [-0.25, -0.2) is 29.9 Å². The molecule has 18 aromatic carbocycles. The van der Waals surface area contributed by atoms with Gasteiger partial charge in [0.1, 0.15) is 39.1 Å². The summed E-state index contributed by atoms with van der Waals surface area (Å²) in [6, 6.07) is 149. The molecule has 2 aliphatic rings. The van der Waals surface area contributed by atoms with Crippen LogP contribution in [0, 0.1) is 0 Å². The first-order valence-corrected chi connectivity index (χ1v) is 44.6. The summed E-state index contributed by atoms with van der Waals surface area (Å²) in [6.45, 7) is 9.11. The van der Waals surface area contributed by atoms with Gasteiger partial charge in [0.15, 0.2) is 23.1 Å². The Morgan fingerprint density at radius 3 is 1.26 bits per heavy atom. The average Bonchev–Trinajstić information content (AvgIpc) is 1.56. The predicted octanol–water partition coefficient (Wildman–Crippen LogP) is 32.4. The third-order valence-corrected chi connectivity index (χ3v) is 26.4. The van der Waals surface area contributed by atoms with Crippen molar-refractivity contribution < 1.29 is 13.3 Å². The van der Waals surface area contributed by atoms with E-state index in [9.17, 15) is 0 Å². The number of furan rings is 3. The van der Waals surface area contributed by atoms with Gasteiger partial charge in [-0.3, -0.25) is 0 Å². The van der Waals surface area contributed by atoms with Gasteiger partial charge in [0.25, 0.3) is 0 Å². The predicted molar refractivity (Wildman–Crippen MR) is 538 cm³/mol. The molecule has 24 aromatic rings. The quantitative estimate of drug-likeness (QED) is 0.117. The fourth-order valence-electron chi connectivity index (χ4n) is 19.9. The topological polar surface area (TPSA) is 117 Å². The molecule has 0 bridgehead atoms. The Hall–Kier alpha value is -16.9. The SMILES string of the molecule is CC1(C)c2ccccc2-c2c(-c3ccccc3)nc(-c3cccc(-c4cccc(-c5ccc6oc7ccccc7c6c5)c4)c3)nc21.CC1(C)c2ccccc2-c2nc(-c3cccc(-c4ccc(-c5cccc6c5oc5ccccc56)cc4)c3)nc(-c3ccccc3)c21.c1ccc(-c2nc(-c3cccc(-c4cc5ccccc5c5ccccc45)c3)nc3c2oc2ccccc23)cc1. The molecule has 0 aliphatic heterocycles. The van der Waals surface area contributed by atoms with Crippen molar-refractivity contribution in [2.24, 2.45) is 0 Å². The summed E-state index contributed by atoms with van der Waals surface area (Å²) < 4.78 is 18.7. The number of nitrogens with zero attached hydrogens (tertiary/aromatic N) is 6. The molecular formula is C122H82N6O3. The number of benzene rings is 18. The van der Waals surface area contributed by atoms with Gasteiger partial charge in [-0.2, -0.15) is 0 Å². The summed E-state index contributed by atoms with van der Waals surface area (Å²) in [5.74, 6) is 2.16.